The molecule has 0 saturated heterocycles. The molecule has 2 aromatic rings. The highest BCUT2D eigenvalue weighted by molar-refractivity contribution is 6.39. The Labute approximate surface area is 140 Å². The molecule has 2 amide bonds. The van der Waals surface area contributed by atoms with Gasteiger partial charge in [-0.1, -0.05) is 12.1 Å². The second-order valence-electron chi connectivity index (χ2n) is 5.53. The highest BCUT2D eigenvalue weighted by Gasteiger charge is 2.13. The van der Waals surface area contributed by atoms with Gasteiger partial charge in [0.2, 0.25) is 0 Å². The predicted molar refractivity (Wildman–Crippen MR) is 92.5 cm³/mol. The number of anilines is 2. The number of carbonyl (C=O) groups is 2. The van der Waals surface area contributed by atoms with E-state index < -0.39 is 17.6 Å². The molecule has 6 heteroatoms. The van der Waals surface area contributed by atoms with E-state index in [0.29, 0.717) is 18.7 Å². The standard InChI is InChI=1S/C18H20FN3O2/c1-22(2)16-9-3-13(4-10-16)11-12-20-17(23)18(24)21-15-7-5-14(19)6-8-15/h3-10H,11-12H2,1-2H3,(H,20,23)(H,21,24). The smallest absolute Gasteiger partial charge is 0.313 e. The number of rotatable bonds is 5. The van der Waals surface area contributed by atoms with Crippen LogP contribution < -0.4 is 15.5 Å². The van der Waals surface area contributed by atoms with Gasteiger partial charge in [0.1, 0.15) is 5.82 Å². The molecule has 0 unspecified atom stereocenters. The normalized spacial score (nSPS) is 10.1. The first-order valence-electron chi connectivity index (χ1n) is 7.57. The summed E-state index contributed by atoms with van der Waals surface area (Å²) < 4.78 is 12.8. The average molecular weight is 329 g/mol. The van der Waals surface area contributed by atoms with E-state index >= 15 is 0 Å². The number of halogens is 1. The number of amides is 2. The van der Waals surface area contributed by atoms with Crippen LogP contribution in [0, 0.1) is 5.82 Å². The van der Waals surface area contributed by atoms with Crippen LogP contribution in [0.3, 0.4) is 0 Å². The van der Waals surface area contributed by atoms with Gasteiger partial charge < -0.3 is 15.5 Å². The summed E-state index contributed by atoms with van der Waals surface area (Å²) in [4.78, 5) is 25.5. The van der Waals surface area contributed by atoms with E-state index in [9.17, 15) is 14.0 Å². The van der Waals surface area contributed by atoms with Crippen molar-refractivity contribution in [2.24, 2.45) is 0 Å². The summed E-state index contributed by atoms with van der Waals surface area (Å²) in [5.41, 5.74) is 2.54. The molecular formula is C18H20FN3O2. The van der Waals surface area contributed by atoms with Crippen LogP contribution in [0.15, 0.2) is 48.5 Å². The summed E-state index contributed by atoms with van der Waals surface area (Å²) in [6, 6.07) is 13.2. The van der Waals surface area contributed by atoms with E-state index in [4.69, 9.17) is 0 Å². The Hall–Kier alpha value is -2.89. The molecule has 0 fully saturated rings. The van der Waals surface area contributed by atoms with Crippen molar-refractivity contribution in [2.45, 2.75) is 6.42 Å². The minimum atomic E-state index is -0.774. The molecule has 0 aliphatic carbocycles. The average Bonchev–Trinajstić information content (AvgIpc) is 2.57. The Balaban J connectivity index is 1.77. The Morgan fingerprint density at radius 1 is 0.958 bits per heavy atom. The van der Waals surface area contributed by atoms with Gasteiger partial charge in [0.05, 0.1) is 0 Å². The fourth-order valence-electron chi connectivity index (χ4n) is 2.08. The monoisotopic (exact) mass is 329 g/mol. The van der Waals surface area contributed by atoms with E-state index in [-0.39, 0.29) is 0 Å². The van der Waals surface area contributed by atoms with E-state index in [0.717, 1.165) is 11.3 Å². The van der Waals surface area contributed by atoms with Crippen molar-refractivity contribution >= 4 is 23.2 Å². The zero-order chi connectivity index (χ0) is 17.5. The molecule has 0 bridgehead atoms. The molecule has 0 aromatic heterocycles. The fourth-order valence-corrected chi connectivity index (χ4v) is 2.08. The van der Waals surface area contributed by atoms with Crippen LogP contribution in [0.4, 0.5) is 15.8 Å². The van der Waals surface area contributed by atoms with Gasteiger partial charge in [-0.15, -0.1) is 0 Å². The molecule has 126 valence electrons. The van der Waals surface area contributed by atoms with Crippen LogP contribution in [-0.2, 0) is 16.0 Å². The molecule has 0 aliphatic heterocycles. The van der Waals surface area contributed by atoms with Crippen LogP contribution in [0.2, 0.25) is 0 Å². The molecule has 5 nitrogen and oxygen atoms in total. The Kier molecular flexibility index (Phi) is 5.89. The molecule has 2 aromatic carbocycles. The topological polar surface area (TPSA) is 61.4 Å². The van der Waals surface area contributed by atoms with E-state index in [1.165, 1.54) is 24.3 Å². The third-order valence-corrected chi connectivity index (χ3v) is 3.46. The summed E-state index contributed by atoms with van der Waals surface area (Å²) in [7, 11) is 3.93. The number of nitrogens with one attached hydrogen (secondary N) is 2. The number of hydrogen-bond donors (Lipinski definition) is 2. The lowest BCUT2D eigenvalue weighted by Crippen LogP contribution is -2.36. The third-order valence-electron chi connectivity index (χ3n) is 3.46. The Morgan fingerprint density at radius 2 is 1.58 bits per heavy atom. The minimum absolute atomic E-state index is 0.358. The SMILES string of the molecule is CN(C)c1ccc(CCNC(=O)C(=O)Nc2ccc(F)cc2)cc1. The highest BCUT2D eigenvalue weighted by atomic mass is 19.1. The summed E-state index contributed by atoms with van der Waals surface area (Å²) in [5.74, 6) is -1.90. The van der Waals surface area contributed by atoms with Gasteiger partial charge in [0, 0.05) is 32.0 Å². The lowest BCUT2D eigenvalue weighted by atomic mass is 10.1. The van der Waals surface area contributed by atoms with E-state index in [2.05, 4.69) is 10.6 Å². The number of carbonyl (C=O) groups excluding carboxylic acids is 2. The summed E-state index contributed by atoms with van der Waals surface area (Å²) in [6.45, 7) is 0.358. The largest absolute Gasteiger partial charge is 0.378 e. The Morgan fingerprint density at radius 3 is 2.17 bits per heavy atom. The van der Waals surface area contributed by atoms with Crippen molar-refractivity contribution < 1.29 is 14.0 Å². The first kappa shape index (κ1) is 17.5. The zero-order valence-corrected chi connectivity index (χ0v) is 13.7. The molecule has 24 heavy (non-hydrogen) atoms. The van der Waals surface area contributed by atoms with Gasteiger partial charge in [-0.05, 0) is 48.4 Å². The van der Waals surface area contributed by atoms with Gasteiger partial charge in [-0.3, -0.25) is 9.59 Å². The summed E-state index contributed by atoms with van der Waals surface area (Å²) in [5, 5.41) is 4.98. The maximum atomic E-state index is 12.8. The maximum Gasteiger partial charge on any atom is 0.313 e. The lowest BCUT2D eigenvalue weighted by molar-refractivity contribution is -0.136. The van der Waals surface area contributed by atoms with Gasteiger partial charge in [-0.25, -0.2) is 4.39 Å². The van der Waals surface area contributed by atoms with E-state index in [1.807, 2.05) is 43.3 Å². The third kappa shape index (κ3) is 5.08. The molecular weight excluding hydrogens is 309 g/mol. The van der Waals surface area contributed by atoms with Gasteiger partial charge in [0.15, 0.2) is 0 Å². The van der Waals surface area contributed by atoms with Crippen molar-refractivity contribution in [1.29, 1.82) is 0 Å². The van der Waals surface area contributed by atoms with Gasteiger partial charge >= 0.3 is 11.8 Å². The highest BCUT2D eigenvalue weighted by Crippen LogP contribution is 2.12. The Bertz CT molecular complexity index is 697. The lowest BCUT2D eigenvalue weighted by Gasteiger charge is -2.12. The molecule has 0 saturated carbocycles. The number of nitrogens with zero attached hydrogens (tertiary/aromatic N) is 1. The molecule has 2 rings (SSSR count). The fraction of sp³-hybridized carbons (Fsp3) is 0.222. The predicted octanol–water partition coefficient (Wildman–Crippen LogP) is 2.19. The molecule has 2 N–H and O–H groups in total. The second kappa shape index (κ2) is 8.10. The van der Waals surface area contributed by atoms with Crippen LogP contribution in [-0.4, -0.2) is 32.5 Å². The quantitative estimate of drug-likeness (QED) is 0.827. The van der Waals surface area contributed by atoms with Crippen molar-refractivity contribution in [3.8, 4) is 0 Å². The molecule has 0 heterocycles. The van der Waals surface area contributed by atoms with Crippen LogP contribution in [0.25, 0.3) is 0 Å². The first-order chi connectivity index (χ1) is 11.5. The van der Waals surface area contributed by atoms with Crippen LogP contribution in [0.1, 0.15) is 5.56 Å². The van der Waals surface area contributed by atoms with Crippen molar-refractivity contribution in [1.82, 2.24) is 5.32 Å². The first-order valence-corrected chi connectivity index (χ1v) is 7.57. The summed E-state index contributed by atoms with van der Waals surface area (Å²) >= 11 is 0. The van der Waals surface area contributed by atoms with Crippen molar-refractivity contribution in [2.75, 3.05) is 30.9 Å². The molecule has 0 aliphatic rings. The molecule has 0 radical (unpaired) electrons. The van der Waals surface area contributed by atoms with Crippen molar-refractivity contribution in [3.05, 3.63) is 59.9 Å². The van der Waals surface area contributed by atoms with Crippen LogP contribution in [0.5, 0.6) is 0 Å². The van der Waals surface area contributed by atoms with Crippen LogP contribution >= 0.6 is 0 Å². The second-order valence-corrected chi connectivity index (χ2v) is 5.53. The molecule has 0 spiro atoms. The zero-order valence-electron chi connectivity index (χ0n) is 13.7. The summed E-state index contributed by atoms with van der Waals surface area (Å²) in [6.07, 6.45) is 0.628. The number of hydrogen-bond acceptors (Lipinski definition) is 3. The van der Waals surface area contributed by atoms with Gasteiger partial charge in [0.25, 0.3) is 0 Å². The number of benzene rings is 2. The molecule has 0 atom stereocenters. The van der Waals surface area contributed by atoms with Gasteiger partial charge in [-0.2, -0.15) is 0 Å². The van der Waals surface area contributed by atoms with Crippen molar-refractivity contribution in [3.63, 3.8) is 0 Å². The van der Waals surface area contributed by atoms with E-state index in [1.54, 1.807) is 0 Å². The minimum Gasteiger partial charge on any atom is -0.378 e. The maximum absolute atomic E-state index is 12.8.